The zero-order chi connectivity index (χ0) is 18.0. The molecule has 2 fully saturated rings. The predicted molar refractivity (Wildman–Crippen MR) is 109 cm³/mol. The Bertz CT molecular complexity index is 826. The van der Waals surface area contributed by atoms with Gasteiger partial charge in [-0.3, -0.25) is 0 Å². The van der Waals surface area contributed by atoms with Crippen LogP contribution in [0.1, 0.15) is 32.1 Å². The first-order valence-electron chi connectivity index (χ1n) is 9.37. The van der Waals surface area contributed by atoms with Crippen molar-refractivity contribution in [2.45, 2.75) is 38.1 Å². The van der Waals surface area contributed by atoms with Crippen LogP contribution >= 0.6 is 11.3 Å². The molecule has 26 heavy (non-hydrogen) atoms. The molecule has 1 aliphatic heterocycles. The van der Waals surface area contributed by atoms with E-state index in [4.69, 9.17) is 0 Å². The molecule has 1 aliphatic carbocycles. The van der Waals surface area contributed by atoms with Gasteiger partial charge in [-0.15, -0.1) is 0 Å². The van der Waals surface area contributed by atoms with Crippen LogP contribution in [0.3, 0.4) is 0 Å². The molecular formula is C19H25N3O2S2. The predicted octanol–water partition coefficient (Wildman–Crippen LogP) is 3.79. The smallest absolute Gasteiger partial charge is 0.183 e. The number of thiazole rings is 1. The van der Waals surface area contributed by atoms with E-state index in [0.29, 0.717) is 19.1 Å². The van der Waals surface area contributed by atoms with Crippen molar-refractivity contribution in [3.8, 4) is 10.4 Å². The van der Waals surface area contributed by atoms with Crippen molar-refractivity contribution in [2.75, 3.05) is 34.8 Å². The standard InChI is InChI=1S/C19H25N3O2S2/c23-26(24)12-10-22(11-13-26)17-8-6-15(7-9-17)18-14-20-19(25-18)21-16-4-2-1-3-5-16/h6-9,14,16H,1-5,10-13H2,(H,20,21). The number of benzene rings is 1. The Balaban J connectivity index is 1.41. The van der Waals surface area contributed by atoms with Gasteiger partial charge in [0.05, 0.1) is 16.4 Å². The molecule has 2 aliphatic rings. The second-order valence-electron chi connectivity index (χ2n) is 7.19. The van der Waals surface area contributed by atoms with Crippen LogP contribution in [0.4, 0.5) is 10.8 Å². The van der Waals surface area contributed by atoms with E-state index in [-0.39, 0.29) is 11.5 Å². The van der Waals surface area contributed by atoms with E-state index in [1.807, 2.05) is 6.20 Å². The van der Waals surface area contributed by atoms with Gasteiger partial charge in [0.15, 0.2) is 15.0 Å². The van der Waals surface area contributed by atoms with E-state index in [1.165, 1.54) is 32.1 Å². The lowest BCUT2D eigenvalue weighted by Gasteiger charge is -2.28. The fourth-order valence-electron chi connectivity index (χ4n) is 3.70. The summed E-state index contributed by atoms with van der Waals surface area (Å²) in [6, 6.07) is 8.95. The maximum absolute atomic E-state index is 11.6. The fourth-order valence-corrected chi connectivity index (χ4v) is 5.80. The lowest BCUT2D eigenvalue weighted by atomic mass is 9.96. The highest BCUT2D eigenvalue weighted by atomic mass is 32.2. The average molecular weight is 392 g/mol. The first-order valence-corrected chi connectivity index (χ1v) is 12.0. The molecule has 1 aromatic carbocycles. The molecule has 0 atom stereocenters. The van der Waals surface area contributed by atoms with Gasteiger partial charge in [-0.1, -0.05) is 42.7 Å². The lowest BCUT2D eigenvalue weighted by Crippen LogP contribution is -2.40. The molecule has 0 unspecified atom stereocenters. The minimum atomic E-state index is -2.84. The van der Waals surface area contributed by atoms with Crippen LogP contribution in [0.5, 0.6) is 0 Å². The third-order valence-electron chi connectivity index (χ3n) is 5.30. The SMILES string of the molecule is O=S1(=O)CCN(c2ccc(-c3cnc(NC4CCCCC4)s3)cc2)CC1. The van der Waals surface area contributed by atoms with E-state index in [0.717, 1.165) is 21.3 Å². The molecule has 1 N–H and O–H groups in total. The van der Waals surface area contributed by atoms with Gasteiger partial charge in [0.2, 0.25) is 0 Å². The Kier molecular flexibility index (Phi) is 5.18. The Hall–Kier alpha value is -1.60. The van der Waals surface area contributed by atoms with Crippen LogP contribution in [-0.2, 0) is 9.84 Å². The summed E-state index contributed by atoms with van der Waals surface area (Å²) in [4.78, 5) is 7.85. The molecule has 4 rings (SSSR count). The van der Waals surface area contributed by atoms with Gasteiger partial charge in [-0.05, 0) is 30.5 Å². The zero-order valence-corrected chi connectivity index (χ0v) is 16.5. The highest BCUT2D eigenvalue weighted by molar-refractivity contribution is 7.91. The van der Waals surface area contributed by atoms with Crippen molar-refractivity contribution in [1.82, 2.24) is 4.98 Å². The van der Waals surface area contributed by atoms with Gasteiger partial charge in [0.1, 0.15) is 0 Å². The summed E-state index contributed by atoms with van der Waals surface area (Å²) in [7, 11) is -2.84. The largest absolute Gasteiger partial charge is 0.369 e. The number of hydrogen-bond acceptors (Lipinski definition) is 6. The van der Waals surface area contributed by atoms with Gasteiger partial charge in [-0.2, -0.15) is 0 Å². The molecule has 140 valence electrons. The second-order valence-corrected chi connectivity index (χ2v) is 10.5. The number of hydrogen-bond donors (Lipinski definition) is 1. The Morgan fingerprint density at radius 3 is 2.42 bits per heavy atom. The molecule has 1 aromatic heterocycles. The molecule has 1 saturated carbocycles. The summed E-state index contributed by atoms with van der Waals surface area (Å²) in [5.74, 6) is 0.500. The molecule has 7 heteroatoms. The van der Waals surface area contributed by atoms with E-state index in [1.54, 1.807) is 11.3 Å². The third-order valence-corrected chi connectivity index (χ3v) is 7.89. The topological polar surface area (TPSA) is 62.3 Å². The zero-order valence-electron chi connectivity index (χ0n) is 14.9. The summed E-state index contributed by atoms with van der Waals surface area (Å²) in [6.45, 7) is 1.16. The van der Waals surface area contributed by atoms with E-state index in [9.17, 15) is 8.42 Å². The van der Waals surface area contributed by atoms with E-state index in [2.05, 4.69) is 39.5 Å². The highest BCUT2D eigenvalue weighted by Crippen LogP contribution is 2.32. The van der Waals surface area contributed by atoms with Crippen molar-refractivity contribution in [1.29, 1.82) is 0 Å². The van der Waals surface area contributed by atoms with Crippen molar-refractivity contribution in [3.63, 3.8) is 0 Å². The second kappa shape index (κ2) is 7.56. The Morgan fingerprint density at radius 2 is 1.73 bits per heavy atom. The number of nitrogens with zero attached hydrogens (tertiary/aromatic N) is 2. The monoisotopic (exact) mass is 391 g/mol. The summed E-state index contributed by atoms with van der Waals surface area (Å²) >= 11 is 1.71. The maximum atomic E-state index is 11.6. The summed E-state index contributed by atoms with van der Waals surface area (Å²) < 4.78 is 23.1. The normalized spacial score (nSPS) is 20.8. The molecule has 0 radical (unpaired) electrons. The minimum absolute atomic E-state index is 0.250. The molecule has 1 saturated heterocycles. The van der Waals surface area contributed by atoms with Gasteiger partial charge >= 0.3 is 0 Å². The molecule has 2 heterocycles. The lowest BCUT2D eigenvalue weighted by molar-refractivity contribution is 0.462. The molecule has 0 amide bonds. The Labute approximate surface area is 159 Å². The van der Waals surface area contributed by atoms with Crippen molar-refractivity contribution in [3.05, 3.63) is 30.5 Å². The summed E-state index contributed by atoms with van der Waals surface area (Å²) in [5, 5.41) is 4.60. The average Bonchev–Trinajstić information content (AvgIpc) is 3.11. The van der Waals surface area contributed by atoms with Gasteiger partial charge in [0, 0.05) is 31.0 Å². The molecule has 0 spiro atoms. The molecule has 0 bridgehead atoms. The van der Waals surface area contributed by atoms with Crippen molar-refractivity contribution >= 4 is 32.0 Å². The molecule has 2 aromatic rings. The van der Waals surface area contributed by atoms with Gasteiger partial charge in [0.25, 0.3) is 0 Å². The number of sulfone groups is 1. The van der Waals surface area contributed by atoms with Crippen LogP contribution in [0.25, 0.3) is 10.4 Å². The first kappa shape index (κ1) is 17.8. The van der Waals surface area contributed by atoms with Crippen LogP contribution in [0, 0.1) is 0 Å². The number of nitrogens with one attached hydrogen (secondary N) is 1. The van der Waals surface area contributed by atoms with Crippen LogP contribution < -0.4 is 10.2 Å². The van der Waals surface area contributed by atoms with E-state index >= 15 is 0 Å². The van der Waals surface area contributed by atoms with Gasteiger partial charge < -0.3 is 10.2 Å². The van der Waals surface area contributed by atoms with Crippen LogP contribution in [-0.4, -0.2) is 44.0 Å². The van der Waals surface area contributed by atoms with Gasteiger partial charge in [-0.25, -0.2) is 13.4 Å². The van der Waals surface area contributed by atoms with Crippen LogP contribution in [0.2, 0.25) is 0 Å². The number of anilines is 2. The number of aromatic nitrogens is 1. The summed E-state index contributed by atoms with van der Waals surface area (Å²) in [5.41, 5.74) is 2.25. The first-order chi connectivity index (χ1) is 12.6. The minimum Gasteiger partial charge on any atom is -0.369 e. The third kappa shape index (κ3) is 4.20. The fraction of sp³-hybridized carbons (Fsp3) is 0.526. The van der Waals surface area contributed by atoms with E-state index < -0.39 is 9.84 Å². The molecule has 5 nitrogen and oxygen atoms in total. The molecular weight excluding hydrogens is 366 g/mol. The van der Waals surface area contributed by atoms with Crippen molar-refractivity contribution < 1.29 is 8.42 Å². The highest BCUT2D eigenvalue weighted by Gasteiger charge is 2.21. The number of rotatable bonds is 4. The summed E-state index contributed by atoms with van der Waals surface area (Å²) in [6.07, 6.45) is 8.42. The maximum Gasteiger partial charge on any atom is 0.183 e. The Morgan fingerprint density at radius 1 is 1.04 bits per heavy atom. The quantitative estimate of drug-likeness (QED) is 0.859. The van der Waals surface area contributed by atoms with Crippen LogP contribution in [0.15, 0.2) is 30.5 Å². The van der Waals surface area contributed by atoms with Crippen molar-refractivity contribution in [2.24, 2.45) is 0 Å².